The number of anilines is 1. The van der Waals surface area contributed by atoms with Gasteiger partial charge in [0.1, 0.15) is 0 Å². The molecule has 0 bridgehead atoms. The molecular formula is C16H22ClN3S. The molecule has 0 spiro atoms. The van der Waals surface area contributed by atoms with Crippen molar-refractivity contribution >= 4 is 28.9 Å². The highest BCUT2D eigenvalue weighted by Crippen LogP contribution is 2.33. The molecule has 2 N–H and O–H groups in total. The number of thiazole rings is 1. The Balaban J connectivity index is 0.00000161. The highest BCUT2D eigenvalue weighted by molar-refractivity contribution is 7.15. The molecule has 0 aliphatic carbocycles. The van der Waals surface area contributed by atoms with Crippen molar-refractivity contribution in [2.45, 2.75) is 38.8 Å². The van der Waals surface area contributed by atoms with E-state index < -0.39 is 0 Å². The van der Waals surface area contributed by atoms with Gasteiger partial charge in [0, 0.05) is 23.7 Å². The molecule has 5 heteroatoms. The topological polar surface area (TPSA) is 42.2 Å². The number of benzene rings is 1. The Morgan fingerprint density at radius 2 is 2.05 bits per heavy atom. The molecule has 1 saturated heterocycles. The summed E-state index contributed by atoms with van der Waals surface area (Å²) in [6.07, 6.45) is 5.77. The van der Waals surface area contributed by atoms with Crippen LogP contribution in [0.1, 0.15) is 41.3 Å². The molecule has 1 aliphatic rings. The van der Waals surface area contributed by atoms with Crippen molar-refractivity contribution in [1.82, 2.24) is 9.88 Å². The number of nitrogens with zero attached hydrogens (tertiary/aromatic N) is 2. The van der Waals surface area contributed by atoms with Crippen LogP contribution in [-0.2, 0) is 6.54 Å². The molecule has 1 atom stereocenters. The van der Waals surface area contributed by atoms with Crippen LogP contribution in [0.25, 0.3) is 0 Å². The van der Waals surface area contributed by atoms with E-state index in [9.17, 15) is 0 Å². The van der Waals surface area contributed by atoms with Gasteiger partial charge in [0.15, 0.2) is 5.13 Å². The molecular weight excluding hydrogens is 302 g/mol. The van der Waals surface area contributed by atoms with Gasteiger partial charge in [-0.25, -0.2) is 4.98 Å². The second kappa shape index (κ2) is 7.25. The summed E-state index contributed by atoms with van der Waals surface area (Å²) in [7, 11) is 0. The van der Waals surface area contributed by atoms with E-state index >= 15 is 0 Å². The Bertz CT molecular complexity index is 567. The van der Waals surface area contributed by atoms with Crippen LogP contribution in [-0.4, -0.2) is 16.4 Å². The fraction of sp³-hybridized carbons (Fsp3) is 0.438. The molecule has 21 heavy (non-hydrogen) atoms. The van der Waals surface area contributed by atoms with Crippen LogP contribution >= 0.6 is 23.7 Å². The second-order valence-corrected chi connectivity index (χ2v) is 6.70. The molecule has 0 amide bonds. The third-order valence-corrected chi connectivity index (χ3v) is 4.82. The van der Waals surface area contributed by atoms with Crippen molar-refractivity contribution in [3.63, 3.8) is 0 Å². The molecule has 2 heterocycles. The largest absolute Gasteiger partial charge is 0.375 e. The Morgan fingerprint density at radius 1 is 1.29 bits per heavy atom. The Kier molecular flexibility index (Phi) is 5.62. The lowest BCUT2D eigenvalue weighted by molar-refractivity contribution is 0.142. The van der Waals surface area contributed by atoms with Crippen LogP contribution in [0.4, 0.5) is 5.13 Å². The molecule has 1 aromatic heterocycles. The fourth-order valence-corrected chi connectivity index (χ4v) is 3.65. The van der Waals surface area contributed by atoms with Gasteiger partial charge in [-0.1, -0.05) is 36.2 Å². The first-order valence-electron chi connectivity index (χ1n) is 7.23. The van der Waals surface area contributed by atoms with E-state index in [-0.39, 0.29) is 12.4 Å². The first kappa shape index (κ1) is 16.3. The number of rotatable bonds is 3. The number of aryl methyl sites for hydroxylation is 1. The molecule has 0 radical (unpaired) electrons. The summed E-state index contributed by atoms with van der Waals surface area (Å²) < 4.78 is 0. The van der Waals surface area contributed by atoms with Gasteiger partial charge < -0.3 is 5.73 Å². The quantitative estimate of drug-likeness (QED) is 0.921. The van der Waals surface area contributed by atoms with Crippen LogP contribution in [0.2, 0.25) is 0 Å². The van der Waals surface area contributed by atoms with Crippen molar-refractivity contribution in [2.75, 3.05) is 12.3 Å². The van der Waals surface area contributed by atoms with E-state index in [0.29, 0.717) is 11.2 Å². The number of halogens is 1. The minimum Gasteiger partial charge on any atom is -0.375 e. The summed E-state index contributed by atoms with van der Waals surface area (Å²) in [4.78, 5) is 8.00. The predicted octanol–water partition coefficient (Wildman–Crippen LogP) is 4.18. The van der Waals surface area contributed by atoms with Crippen LogP contribution < -0.4 is 5.73 Å². The van der Waals surface area contributed by atoms with Crippen LogP contribution in [0.5, 0.6) is 0 Å². The normalized spacial score (nSPS) is 19.2. The smallest absolute Gasteiger partial charge is 0.180 e. The number of nitrogens with two attached hydrogens (primary N) is 1. The van der Waals surface area contributed by atoms with Crippen molar-refractivity contribution < 1.29 is 0 Å². The maximum atomic E-state index is 5.74. The molecule has 3 nitrogen and oxygen atoms in total. The third kappa shape index (κ3) is 3.96. The third-order valence-electron chi connectivity index (χ3n) is 4.01. The number of hydrogen-bond acceptors (Lipinski definition) is 4. The van der Waals surface area contributed by atoms with Gasteiger partial charge >= 0.3 is 0 Å². The second-order valence-electron chi connectivity index (χ2n) is 5.56. The summed E-state index contributed by atoms with van der Waals surface area (Å²) in [5.41, 5.74) is 8.50. The Morgan fingerprint density at radius 3 is 2.71 bits per heavy atom. The molecule has 3 rings (SSSR count). The van der Waals surface area contributed by atoms with Crippen LogP contribution in [0, 0.1) is 6.92 Å². The number of piperidine rings is 1. The highest BCUT2D eigenvalue weighted by atomic mass is 35.5. The van der Waals surface area contributed by atoms with Gasteiger partial charge in [-0.2, -0.15) is 0 Å². The van der Waals surface area contributed by atoms with E-state index in [1.54, 1.807) is 11.3 Å². The monoisotopic (exact) mass is 323 g/mol. The van der Waals surface area contributed by atoms with E-state index in [1.165, 1.54) is 35.3 Å². The summed E-state index contributed by atoms with van der Waals surface area (Å²) in [6.45, 7) is 4.27. The predicted molar refractivity (Wildman–Crippen MR) is 92.0 cm³/mol. The van der Waals surface area contributed by atoms with E-state index in [1.807, 2.05) is 6.20 Å². The molecule has 1 aliphatic heterocycles. The average Bonchev–Trinajstić information content (AvgIpc) is 2.86. The number of nitrogen functional groups attached to an aromatic ring is 1. The lowest BCUT2D eigenvalue weighted by Gasteiger charge is -2.35. The van der Waals surface area contributed by atoms with Gasteiger partial charge in [0.2, 0.25) is 0 Å². The SMILES string of the molecule is Cc1ccc(C2CCCCN2Cc2cnc(N)s2)cc1.Cl. The molecule has 114 valence electrons. The highest BCUT2D eigenvalue weighted by Gasteiger charge is 2.24. The molecule has 2 aromatic rings. The molecule has 1 aromatic carbocycles. The fourth-order valence-electron chi connectivity index (χ4n) is 2.94. The number of aromatic nitrogens is 1. The number of likely N-dealkylation sites (tertiary alicyclic amines) is 1. The van der Waals surface area contributed by atoms with Gasteiger partial charge in [-0.05, 0) is 31.9 Å². The zero-order valence-electron chi connectivity index (χ0n) is 12.3. The van der Waals surface area contributed by atoms with Crippen molar-refractivity contribution in [3.05, 3.63) is 46.5 Å². The summed E-state index contributed by atoms with van der Waals surface area (Å²) in [5.74, 6) is 0. The van der Waals surface area contributed by atoms with Crippen molar-refractivity contribution in [1.29, 1.82) is 0 Å². The lowest BCUT2D eigenvalue weighted by atomic mass is 9.94. The van der Waals surface area contributed by atoms with Gasteiger partial charge in [0.05, 0.1) is 0 Å². The number of hydrogen-bond donors (Lipinski definition) is 1. The van der Waals surface area contributed by atoms with Crippen molar-refractivity contribution in [3.8, 4) is 0 Å². The van der Waals surface area contributed by atoms with Gasteiger partial charge in [-0.15, -0.1) is 23.7 Å². The van der Waals surface area contributed by atoms with Crippen LogP contribution in [0.3, 0.4) is 0 Å². The van der Waals surface area contributed by atoms with Gasteiger partial charge in [0.25, 0.3) is 0 Å². The van der Waals surface area contributed by atoms with Crippen molar-refractivity contribution in [2.24, 2.45) is 0 Å². The summed E-state index contributed by atoms with van der Waals surface area (Å²) in [5, 5.41) is 0.670. The minimum atomic E-state index is 0. The minimum absolute atomic E-state index is 0. The van der Waals surface area contributed by atoms with E-state index in [0.717, 1.165) is 13.1 Å². The molecule has 1 unspecified atom stereocenters. The zero-order valence-corrected chi connectivity index (χ0v) is 13.9. The average molecular weight is 324 g/mol. The lowest BCUT2D eigenvalue weighted by Crippen LogP contribution is -2.32. The molecule has 1 fully saturated rings. The Hall–Kier alpha value is -1.10. The van der Waals surface area contributed by atoms with E-state index in [2.05, 4.69) is 41.1 Å². The first-order valence-corrected chi connectivity index (χ1v) is 8.05. The summed E-state index contributed by atoms with van der Waals surface area (Å²) in [6, 6.07) is 9.52. The maximum Gasteiger partial charge on any atom is 0.180 e. The van der Waals surface area contributed by atoms with Gasteiger partial charge in [-0.3, -0.25) is 4.90 Å². The maximum absolute atomic E-state index is 5.74. The zero-order chi connectivity index (χ0) is 13.9. The first-order chi connectivity index (χ1) is 9.72. The Labute approximate surface area is 136 Å². The van der Waals surface area contributed by atoms with Crippen LogP contribution in [0.15, 0.2) is 30.5 Å². The summed E-state index contributed by atoms with van der Waals surface area (Å²) >= 11 is 1.61. The standard InChI is InChI=1S/C16H21N3S.ClH/c1-12-5-7-13(8-6-12)15-4-2-3-9-19(15)11-14-10-18-16(17)20-14;/h5-8,10,15H,2-4,9,11H2,1H3,(H2,17,18);1H. The molecule has 0 saturated carbocycles. The van der Waals surface area contributed by atoms with E-state index in [4.69, 9.17) is 5.73 Å².